The van der Waals surface area contributed by atoms with Crippen LogP contribution in [0.2, 0.25) is 0 Å². The van der Waals surface area contributed by atoms with E-state index in [1.807, 2.05) is 0 Å². The van der Waals surface area contributed by atoms with Gasteiger partial charge >= 0.3 is 5.97 Å². The normalized spacial score (nSPS) is 29.8. The molecule has 1 fully saturated rings. The summed E-state index contributed by atoms with van der Waals surface area (Å²) < 4.78 is 9.88. The van der Waals surface area contributed by atoms with E-state index in [9.17, 15) is 24.9 Å². The van der Waals surface area contributed by atoms with Crippen LogP contribution in [0.15, 0.2) is 24.3 Å². The van der Waals surface area contributed by atoms with Crippen molar-refractivity contribution in [2.75, 3.05) is 6.61 Å². The van der Waals surface area contributed by atoms with E-state index in [0.717, 1.165) is 0 Å². The Bertz CT molecular complexity index is 607. The maximum atomic E-state index is 12.4. The van der Waals surface area contributed by atoms with Crippen molar-refractivity contribution in [2.45, 2.75) is 37.6 Å². The number of esters is 1. The lowest BCUT2D eigenvalue weighted by molar-refractivity contribution is -0.252. The zero-order chi connectivity index (χ0) is 17.9. The van der Waals surface area contributed by atoms with Crippen molar-refractivity contribution in [3.05, 3.63) is 29.8 Å². The van der Waals surface area contributed by atoms with Crippen LogP contribution in [0.1, 0.15) is 17.3 Å². The lowest BCUT2D eigenvalue weighted by Gasteiger charge is -2.40. The maximum Gasteiger partial charge on any atom is 0.308 e. The molecule has 24 heavy (non-hydrogen) atoms. The monoisotopic (exact) mass is 341 g/mol. The van der Waals surface area contributed by atoms with E-state index in [2.05, 4.69) is 5.32 Å². The first-order chi connectivity index (χ1) is 11.3. The van der Waals surface area contributed by atoms with Crippen molar-refractivity contribution < 1.29 is 39.5 Å². The number of benzene rings is 1. The van der Waals surface area contributed by atoms with E-state index in [4.69, 9.17) is 14.6 Å². The molecule has 1 saturated heterocycles. The zero-order valence-electron chi connectivity index (χ0n) is 12.8. The first-order valence-electron chi connectivity index (χ1n) is 7.24. The third kappa shape index (κ3) is 3.89. The largest absolute Gasteiger partial charge is 0.426 e. The Labute approximate surface area is 137 Å². The summed E-state index contributed by atoms with van der Waals surface area (Å²) >= 11 is 0. The standard InChI is InChI=1S/C15H19NO8/c1-7(18)23-9-5-3-2-4-8(9)14(21)16-11-13(20)12(19)10(6-17)24-15(11)22/h2-5,10-13,15,17,19-20,22H,6H2,1H3,(H,16,21). The Morgan fingerprint density at radius 1 is 1.21 bits per heavy atom. The van der Waals surface area contributed by atoms with E-state index >= 15 is 0 Å². The predicted octanol–water partition coefficient (Wildman–Crippen LogP) is -1.86. The van der Waals surface area contributed by atoms with Crippen LogP contribution in [0.4, 0.5) is 0 Å². The molecule has 5 atom stereocenters. The summed E-state index contributed by atoms with van der Waals surface area (Å²) in [6.45, 7) is 0.577. The number of carbonyl (C=O) groups is 2. The molecule has 132 valence electrons. The van der Waals surface area contributed by atoms with Crippen LogP contribution in [0.5, 0.6) is 5.75 Å². The molecule has 0 saturated carbocycles. The number of ether oxygens (including phenoxy) is 2. The minimum Gasteiger partial charge on any atom is -0.426 e. The number of carbonyl (C=O) groups excluding carboxylic acids is 2. The third-order valence-electron chi connectivity index (χ3n) is 3.58. The minimum absolute atomic E-state index is 0.00544. The molecule has 2 rings (SSSR count). The van der Waals surface area contributed by atoms with Crippen molar-refractivity contribution in [3.63, 3.8) is 0 Å². The average Bonchev–Trinajstić information content (AvgIpc) is 2.54. The van der Waals surface area contributed by atoms with Crippen LogP contribution in [0, 0.1) is 0 Å². The number of aliphatic hydroxyl groups excluding tert-OH is 4. The van der Waals surface area contributed by atoms with Gasteiger partial charge in [0.15, 0.2) is 6.29 Å². The Morgan fingerprint density at radius 2 is 1.88 bits per heavy atom. The molecule has 1 aliphatic heterocycles. The van der Waals surface area contributed by atoms with Crippen molar-refractivity contribution in [3.8, 4) is 5.75 Å². The molecule has 1 amide bonds. The Kier molecular flexibility index (Phi) is 5.86. The number of nitrogens with one attached hydrogen (secondary N) is 1. The topological polar surface area (TPSA) is 146 Å². The van der Waals surface area contributed by atoms with Gasteiger partial charge in [-0.2, -0.15) is 0 Å². The highest BCUT2D eigenvalue weighted by Crippen LogP contribution is 2.22. The molecule has 5 N–H and O–H groups in total. The van der Waals surface area contributed by atoms with E-state index in [-0.39, 0.29) is 11.3 Å². The summed E-state index contributed by atoms with van der Waals surface area (Å²) in [5.41, 5.74) is 0.00544. The van der Waals surface area contributed by atoms with Gasteiger partial charge in [-0.15, -0.1) is 0 Å². The van der Waals surface area contributed by atoms with Crippen LogP contribution in [0.25, 0.3) is 0 Å². The Hall–Kier alpha value is -2.04. The van der Waals surface area contributed by atoms with E-state index in [1.54, 1.807) is 12.1 Å². The van der Waals surface area contributed by atoms with Gasteiger partial charge in [0.2, 0.25) is 0 Å². The second kappa shape index (κ2) is 7.69. The first-order valence-corrected chi connectivity index (χ1v) is 7.24. The molecule has 1 aliphatic rings. The Morgan fingerprint density at radius 3 is 2.50 bits per heavy atom. The predicted molar refractivity (Wildman–Crippen MR) is 79.0 cm³/mol. The summed E-state index contributed by atoms with van der Waals surface area (Å²) in [7, 11) is 0. The van der Waals surface area contributed by atoms with Crippen LogP contribution < -0.4 is 10.1 Å². The molecular formula is C15H19NO8. The quantitative estimate of drug-likeness (QED) is 0.317. The number of hydrogen-bond acceptors (Lipinski definition) is 8. The van der Waals surface area contributed by atoms with Crippen LogP contribution in [0.3, 0.4) is 0 Å². The molecule has 0 spiro atoms. The molecule has 5 unspecified atom stereocenters. The minimum atomic E-state index is -1.63. The molecule has 0 aliphatic carbocycles. The van der Waals surface area contributed by atoms with Gasteiger partial charge in [0.05, 0.1) is 12.2 Å². The molecule has 9 heteroatoms. The highest BCUT2D eigenvalue weighted by Gasteiger charge is 2.44. The van der Waals surface area contributed by atoms with Gasteiger partial charge < -0.3 is 35.2 Å². The van der Waals surface area contributed by atoms with Gasteiger partial charge in [-0.1, -0.05) is 12.1 Å². The maximum absolute atomic E-state index is 12.4. The van der Waals surface area contributed by atoms with Gasteiger partial charge in [0, 0.05) is 6.92 Å². The lowest BCUT2D eigenvalue weighted by Crippen LogP contribution is -2.64. The van der Waals surface area contributed by atoms with E-state index in [1.165, 1.54) is 19.1 Å². The highest BCUT2D eigenvalue weighted by atomic mass is 16.6. The van der Waals surface area contributed by atoms with Crippen molar-refractivity contribution in [1.82, 2.24) is 5.32 Å². The molecule has 0 aromatic heterocycles. The lowest BCUT2D eigenvalue weighted by atomic mass is 9.96. The van der Waals surface area contributed by atoms with Gasteiger partial charge in [0.25, 0.3) is 5.91 Å². The molecule has 1 aromatic carbocycles. The van der Waals surface area contributed by atoms with Crippen LogP contribution in [-0.4, -0.2) is 69.6 Å². The third-order valence-corrected chi connectivity index (χ3v) is 3.58. The summed E-state index contributed by atoms with van der Waals surface area (Å²) in [4.78, 5) is 23.4. The summed E-state index contributed by atoms with van der Waals surface area (Å²) in [6, 6.07) is 4.58. The van der Waals surface area contributed by atoms with Gasteiger partial charge in [-0.05, 0) is 12.1 Å². The Balaban J connectivity index is 2.16. The number of rotatable bonds is 4. The molecular weight excluding hydrogens is 322 g/mol. The molecule has 1 heterocycles. The molecule has 9 nitrogen and oxygen atoms in total. The first kappa shape index (κ1) is 18.3. The van der Waals surface area contributed by atoms with Gasteiger partial charge in [-0.3, -0.25) is 9.59 Å². The summed E-state index contributed by atoms with van der Waals surface area (Å²) in [5.74, 6) is -1.34. The SMILES string of the molecule is CC(=O)Oc1ccccc1C(=O)NC1C(O)OC(CO)C(O)C1O. The van der Waals surface area contributed by atoms with Crippen molar-refractivity contribution in [2.24, 2.45) is 0 Å². The highest BCUT2D eigenvalue weighted by molar-refractivity contribution is 5.97. The average molecular weight is 341 g/mol. The second-order valence-corrected chi connectivity index (χ2v) is 5.32. The number of hydrogen-bond donors (Lipinski definition) is 5. The van der Waals surface area contributed by atoms with Crippen molar-refractivity contribution >= 4 is 11.9 Å². The smallest absolute Gasteiger partial charge is 0.308 e. The van der Waals surface area contributed by atoms with E-state index in [0.29, 0.717) is 0 Å². The van der Waals surface area contributed by atoms with Gasteiger partial charge in [0.1, 0.15) is 30.1 Å². The molecule has 0 radical (unpaired) electrons. The molecule has 0 bridgehead atoms. The zero-order valence-corrected chi connectivity index (χ0v) is 12.8. The second-order valence-electron chi connectivity index (χ2n) is 5.32. The number of para-hydroxylation sites is 1. The van der Waals surface area contributed by atoms with Crippen LogP contribution >= 0.6 is 0 Å². The summed E-state index contributed by atoms with van der Waals surface area (Å²) in [6.07, 6.45) is -5.86. The molecule has 1 aromatic rings. The van der Waals surface area contributed by atoms with Gasteiger partial charge in [-0.25, -0.2) is 0 Å². The summed E-state index contributed by atoms with van der Waals surface area (Å²) in [5, 5.41) is 41.0. The fraction of sp³-hybridized carbons (Fsp3) is 0.467. The van der Waals surface area contributed by atoms with E-state index < -0.39 is 49.1 Å². The fourth-order valence-corrected chi connectivity index (χ4v) is 2.38. The van der Waals surface area contributed by atoms with Crippen molar-refractivity contribution in [1.29, 1.82) is 0 Å². The number of aliphatic hydroxyl groups is 4. The fourth-order valence-electron chi connectivity index (χ4n) is 2.38. The number of amides is 1. The van der Waals surface area contributed by atoms with Crippen LogP contribution in [-0.2, 0) is 9.53 Å².